The second kappa shape index (κ2) is 15.2. The van der Waals surface area contributed by atoms with Crippen LogP contribution in [0.15, 0.2) is 24.3 Å². The van der Waals surface area contributed by atoms with E-state index in [1.54, 1.807) is 31.3 Å². The Morgan fingerprint density at radius 2 is 1.62 bits per heavy atom. The summed E-state index contributed by atoms with van der Waals surface area (Å²) >= 11 is 0. The third kappa shape index (κ3) is 12.1. The summed E-state index contributed by atoms with van der Waals surface area (Å²) in [4.78, 5) is 48.1. The van der Waals surface area contributed by atoms with Crippen LogP contribution in [0.25, 0.3) is 0 Å². The second-order valence-corrected chi connectivity index (χ2v) is 9.16. The molecule has 0 bridgehead atoms. The maximum absolute atomic E-state index is 12.8. The van der Waals surface area contributed by atoms with Gasteiger partial charge in [-0.05, 0) is 50.3 Å². The van der Waals surface area contributed by atoms with Gasteiger partial charge < -0.3 is 46.8 Å². The highest BCUT2D eigenvalue weighted by Gasteiger charge is 2.36. The maximum atomic E-state index is 12.8. The van der Waals surface area contributed by atoms with Crippen LogP contribution in [-0.2, 0) is 25.6 Å². The third-order valence-corrected chi connectivity index (χ3v) is 5.40. The van der Waals surface area contributed by atoms with E-state index in [2.05, 4.69) is 21.3 Å². The summed E-state index contributed by atoms with van der Waals surface area (Å²) in [7, 11) is 1.56. The minimum Gasteiger partial charge on any atom is -0.481 e. The van der Waals surface area contributed by atoms with Gasteiger partial charge in [0.25, 0.3) is 11.9 Å². The Bertz CT molecular complexity index is 918. The van der Waals surface area contributed by atoms with E-state index < -0.39 is 54.3 Å². The first kappa shape index (κ1) is 31.9. The van der Waals surface area contributed by atoms with E-state index in [1.807, 2.05) is 13.8 Å². The van der Waals surface area contributed by atoms with Crippen LogP contribution in [0.3, 0.4) is 0 Å². The number of carboxylic acids is 1. The summed E-state index contributed by atoms with van der Waals surface area (Å²) in [6.45, 7) is 3.60. The molecule has 0 saturated heterocycles. The fourth-order valence-corrected chi connectivity index (χ4v) is 3.52. The molecular weight excluding hydrogens is 488 g/mol. The van der Waals surface area contributed by atoms with Crippen LogP contribution in [0.5, 0.6) is 0 Å². The van der Waals surface area contributed by atoms with Crippen molar-refractivity contribution in [1.29, 1.82) is 0 Å². The smallest absolute Gasteiger partial charge is 0.303 e. The highest BCUT2D eigenvalue weighted by molar-refractivity contribution is 5.94. The fourth-order valence-electron chi connectivity index (χ4n) is 3.52. The van der Waals surface area contributed by atoms with Crippen molar-refractivity contribution in [3.8, 4) is 0 Å². The molecule has 0 aliphatic rings. The van der Waals surface area contributed by atoms with E-state index in [9.17, 15) is 39.6 Å². The van der Waals surface area contributed by atoms with Crippen molar-refractivity contribution in [2.75, 3.05) is 18.9 Å². The number of anilines is 1. The Kier molecular flexibility index (Phi) is 13.1. The van der Waals surface area contributed by atoms with Crippen LogP contribution in [0.1, 0.15) is 45.1 Å². The number of para-hydroxylation sites is 1. The van der Waals surface area contributed by atoms with Crippen LogP contribution in [-0.4, -0.2) is 87.0 Å². The minimum absolute atomic E-state index is 0.00452. The van der Waals surface area contributed by atoms with Crippen molar-refractivity contribution < 1.29 is 44.7 Å². The number of aliphatic hydroxyl groups is 4. The molecule has 2 unspecified atom stereocenters. The fraction of sp³-hybridized carbons (Fsp3) is 0.583. The molecular formula is C24H38N4O9. The number of nitrogens with one attached hydrogen (secondary N) is 4. The lowest BCUT2D eigenvalue weighted by Crippen LogP contribution is -2.58. The van der Waals surface area contributed by atoms with Gasteiger partial charge in [-0.3, -0.25) is 19.2 Å². The molecule has 0 spiro atoms. The van der Waals surface area contributed by atoms with Crippen LogP contribution >= 0.6 is 0 Å². The van der Waals surface area contributed by atoms with Crippen LogP contribution in [0.4, 0.5) is 5.69 Å². The van der Waals surface area contributed by atoms with Gasteiger partial charge >= 0.3 is 5.97 Å². The number of carbonyl (C=O) groups is 4. The van der Waals surface area contributed by atoms with E-state index >= 15 is 0 Å². The third-order valence-electron chi connectivity index (χ3n) is 5.40. The average Bonchev–Trinajstić information content (AvgIpc) is 2.79. The summed E-state index contributed by atoms with van der Waals surface area (Å²) in [6, 6.07) is 3.76. The molecule has 0 heterocycles. The Labute approximate surface area is 215 Å². The maximum Gasteiger partial charge on any atom is 0.303 e. The monoisotopic (exact) mass is 526 g/mol. The number of carbonyl (C=O) groups excluding carboxylic acids is 3. The number of benzene rings is 1. The van der Waals surface area contributed by atoms with E-state index in [1.165, 1.54) is 0 Å². The first-order valence-electron chi connectivity index (χ1n) is 11.9. The van der Waals surface area contributed by atoms with Crippen molar-refractivity contribution >= 4 is 29.4 Å². The first-order chi connectivity index (χ1) is 17.2. The standard InChI is InChI=1S/C24H38N4O9/c1-14(2)12-17(26-20(30)13-25-3)22(33)28-19(24(35,36)37)10-9-18(29)23(34)27-16-7-5-4-6-15(16)8-11-21(31)32/h4-7,14,17-19,25,29,35-37H,8-13H2,1-3H3,(H,26,30)(H,27,34)(H,28,33)(H,31,32)/t17-,18?,19?/m0/s1. The van der Waals surface area contributed by atoms with E-state index in [0.29, 0.717) is 11.3 Å². The lowest BCUT2D eigenvalue weighted by atomic mass is 10.0. The van der Waals surface area contributed by atoms with Gasteiger partial charge in [0, 0.05) is 12.1 Å². The van der Waals surface area contributed by atoms with Gasteiger partial charge in [-0.25, -0.2) is 0 Å². The lowest BCUT2D eigenvalue weighted by Gasteiger charge is -2.30. The largest absolute Gasteiger partial charge is 0.481 e. The Morgan fingerprint density at radius 1 is 0.973 bits per heavy atom. The topological polar surface area (TPSA) is 218 Å². The minimum atomic E-state index is -3.37. The molecule has 3 amide bonds. The molecule has 0 aliphatic heterocycles. The van der Waals surface area contributed by atoms with E-state index in [-0.39, 0.29) is 38.1 Å². The molecule has 1 aromatic carbocycles. The first-order valence-corrected chi connectivity index (χ1v) is 11.9. The van der Waals surface area contributed by atoms with Gasteiger partial charge in [-0.15, -0.1) is 0 Å². The molecule has 0 aromatic heterocycles. The number of hydrogen-bond acceptors (Lipinski definition) is 9. The highest BCUT2D eigenvalue weighted by atomic mass is 16.7. The van der Waals surface area contributed by atoms with Gasteiger partial charge in [0.1, 0.15) is 18.2 Å². The van der Waals surface area contributed by atoms with Gasteiger partial charge in [-0.1, -0.05) is 32.0 Å². The predicted molar refractivity (Wildman–Crippen MR) is 133 cm³/mol. The molecule has 0 saturated carbocycles. The number of carboxylic acid groups (broad SMARTS) is 1. The molecule has 0 aliphatic carbocycles. The van der Waals surface area contributed by atoms with Gasteiger partial charge in [0.2, 0.25) is 11.8 Å². The SMILES string of the molecule is CNCC(=O)N[C@@H](CC(C)C)C(=O)NC(CCC(O)C(=O)Nc1ccccc1CCC(=O)O)C(O)(O)O. The van der Waals surface area contributed by atoms with Crippen molar-refractivity contribution in [2.45, 2.75) is 70.1 Å². The molecule has 13 nitrogen and oxygen atoms in total. The Morgan fingerprint density at radius 3 is 2.19 bits per heavy atom. The molecule has 0 radical (unpaired) electrons. The number of rotatable bonds is 16. The van der Waals surface area contributed by atoms with Gasteiger partial charge in [0.15, 0.2) is 0 Å². The normalized spacial score (nSPS) is 13.9. The number of aliphatic carboxylic acids is 1. The summed E-state index contributed by atoms with van der Waals surface area (Å²) < 4.78 is 0. The molecule has 208 valence electrons. The molecule has 9 N–H and O–H groups in total. The zero-order valence-electron chi connectivity index (χ0n) is 21.2. The van der Waals surface area contributed by atoms with Crippen molar-refractivity contribution in [3.05, 3.63) is 29.8 Å². The summed E-state index contributed by atoms with van der Waals surface area (Å²) in [5.74, 6) is -6.46. The summed E-state index contributed by atoms with van der Waals surface area (Å²) in [6.07, 6.45) is -2.22. The van der Waals surface area contributed by atoms with Crippen LogP contribution in [0, 0.1) is 5.92 Å². The zero-order valence-corrected chi connectivity index (χ0v) is 21.2. The van der Waals surface area contributed by atoms with E-state index in [4.69, 9.17) is 5.11 Å². The summed E-state index contributed by atoms with van der Waals surface area (Å²) in [5.41, 5.74) is 0.861. The van der Waals surface area contributed by atoms with Gasteiger partial charge in [-0.2, -0.15) is 0 Å². The molecule has 1 rings (SSSR count). The Balaban J connectivity index is 2.84. The van der Waals surface area contributed by atoms with Crippen molar-refractivity contribution in [2.24, 2.45) is 5.92 Å². The van der Waals surface area contributed by atoms with Gasteiger partial charge in [0.05, 0.1) is 6.54 Å². The average molecular weight is 527 g/mol. The second-order valence-electron chi connectivity index (χ2n) is 9.16. The zero-order chi connectivity index (χ0) is 28.2. The molecule has 0 fully saturated rings. The number of amides is 3. The summed E-state index contributed by atoms with van der Waals surface area (Å²) in [5, 5.41) is 58.4. The van der Waals surface area contributed by atoms with Crippen LogP contribution in [0.2, 0.25) is 0 Å². The molecule has 37 heavy (non-hydrogen) atoms. The predicted octanol–water partition coefficient (Wildman–Crippen LogP) is -1.35. The molecule has 3 atom stereocenters. The number of aryl methyl sites for hydroxylation is 1. The number of aliphatic hydroxyl groups excluding tert-OH is 1. The Hall–Kier alpha value is -3.10. The molecule has 13 heteroatoms. The van der Waals surface area contributed by atoms with Crippen molar-refractivity contribution in [1.82, 2.24) is 16.0 Å². The highest BCUT2D eigenvalue weighted by Crippen LogP contribution is 2.19. The number of hydrogen-bond donors (Lipinski definition) is 9. The number of likely N-dealkylation sites (N-methyl/N-ethyl adjacent to an activating group) is 1. The van der Waals surface area contributed by atoms with Crippen LogP contribution < -0.4 is 21.3 Å². The van der Waals surface area contributed by atoms with E-state index in [0.717, 1.165) is 0 Å². The lowest BCUT2D eigenvalue weighted by molar-refractivity contribution is -0.327. The van der Waals surface area contributed by atoms with Crippen molar-refractivity contribution in [3.63, 3.8) is 0 Å². The molecule has 1 aromatic rings. The quantitative estimate of drug-likeness (QED) is 0.115.